The zero-order valence-corrected chi connectivity index (χ0v) is 9.83. The molecule has 0 aromatic carbocycles. The fraction of sp³-hybridized carbons (Fsp3) is 1.00. The summed E-state index contributed by atoms with van der Waals surface area (Å²) in [6.07, 6.45) is 1.55. The molecule has 3 heteroatoms. The van der Waals surface area contributed by atoms with E-state index >= 15 is 0 Å². The highest BCUT2D eigenvalue weighted by molar-refractivity contribution is 4.68. The van der Waals surface area contributed by atoms with Gasteiger partial charge in [0.15, 0.2) is 0 Å². The third kappa shape index (κ3) is 4.94. The summed E-state index contributed by atoms with van der Waals surface area (Å²) in [5.41, 5.74) is 0. The molecule has 0 radical (unpaired) electrons. The van der Waals surface area contributed by atoms with Crippen molar-refractivity contribution in [2.24, 2.45) is 0 Å². The summed E-state index contributed by atoms with van der Waals surface area (Å²) < 4.78 is 5.52. The lowest BCUT2D eigenvalue weighted by atomic mass is 10.3. The Morgan fingerprint density at radius 1 is 1.14 bits per heavy atom. The number of rotatable bonds is 5. The monoisotopic (exact) mass is 200 g/mol. The molecule has 1 fully saturated rings. The summed E-state index contributed by atoms with van der Waals surface area (Å²) >= 11 is 0. The molecule has 0 aliphatic carbocycles. The first-order valence-corrected chi connectivity index (χ1v) is 5.71. The molecule has 14 heavy (non-hydrogen) atoms. The van der Waals surface area contributed by atoms with Crippen molar-refractivity contribution in [3.05, 3.63) is 0 Å². The van der Waals surface area contributed by atoms with Crippen LogP contribution in [0.15, 0.2) is 0 Å². The van der Waals surface area contributed by atoms with E-state index in [0.29, 0.717) is 6.10 Å². The number of piperazine rings is 1. The van der Waals surface area contributed by atoms with Gasteiger partial charge in [0.2, 0.25) is 0 Å². The van der Waals surface area contributed by atoms with Gasteiger partial charge in [-0.25, -0.2) is 0 Å². The van der Waals surface area contributed by atoms with Crippen LogP contribution in [-0.2, 0) is 4.74 Å². The van der Waals surface area contributed by atoms with E-state index in [9.17, 15) is 0 Å². The van der Waals surface area contributed by atoms with Crippen LogP contribution in [0.5, 0.6) is 0 Å². The van der Waals surface area contributed by atoms with Crippen molar-refractivity contribution in [3.63, 3.8) is 0 Å². The van der Waals surface area contributed by atoms with Gasteiger partial charge in [0.1, 0.15) is 0 Å². The molecule has 3 nitrogen and oxygen atoms in total. The molecule has 0 saturated carbocycles. The summed E-state index contributed by atoms with van der Waals surface area (Å²) in [6.45, 7) is 11.2. The number of likely N-dealkylation sites (N-methyl/N-ethyl adjacent to an activating group) is 1. The highest BCUT2D eigenvalue weighted by atomic mass is 16.5. The summed E-state index contributed by atoms with van der Waals surface area (Å²) in [4.78, 5) is 4.92. The lowest BCUT2D eigenvalue weighted by molar-refractivity contribution is 0.0656. The molecule has 0 spiro atoms. The summed E-state index contributed by atoms with van der Waals surface area (Å²) in [5, 5.41) is 0. The van der Waals surface area contributed by atoms with Crippen LogP contribution in [0, 0.1) is 0 Å². The zero-order chi connectivity index (χ0) is 10.4. The van der Waals surface area contributed by atoms with Gasteiger partial charge in [-0.1, -0.05) is 0 Å². The van der Waals surface area contributed by atoms with E-state index in [0.717, 1.165) is 6.61 Å². The van der Waals surface area contributed by atoms with Crippen molar-refractivity contribution in [1.82, 2.24) is 9.80 Å². The quantitative estimate of drug-likeness (QED) is 0.617. The lowest BCUT2D eigenvalue weighted by Crippen LogP contribution is -2.44. The average Bonchev–Trinajstić information content (AvgIpc) is 2.15. The topological polar surface area (TPSA) is 15.7 Å². The van der Waals surface area contributed by atoms with Gasteiger partial charge in [0.05, 0.1) is 6.10 Å². The van der Waals surface area contributed by atoms with Gasteiger partial charge in [-0.15, -0.1) is 0 Å². The maximum absolute atomic E-state index is 5.52. The zero-order valence-electron chi connectivity index (χ0n) is 9.83. The minimum absolute atomic E-state index is 0.377. The van der Waals surface area contributed by atoms with Crippen LogP contribution in [0.4, 0.5) is 0 Å². The van der Waals surface area contributed by atoms with Gasteiger partial charge in [0, 0.05) is 39.3 Å². The first kappa shape index (κ1) is 12.0. The van der Waals surface area contributed by atoms with E-state index in [1.165, 1.54) is 39.1 Å². The van der Waals surface area contributed by atoms with Crippen LogP contribution < -0.4 is 0 Å². The standard InChI is InChI=1S/C11H24N2O/c1-11(2)14-10-4-5-13-8-6-12(3)7-9-13/h11H,4-10H2,1-3H3. The maximum atomic E-state index is 5.52. The van der Waals surface area contributed by atoms with E-state index in [1.54, 1.807) is 0 Å². The molecule has 1 saturated heterocycles. The normalized spacial score (nSPS) is 20.6. The lowest BCUT2D eigenvalue weighted by Gasteiger charge is -2.32. The molecule has 84 valence electrons. The van der Waals surface area contributed by atoms with Gasteiger partial charge >= 0.3 is 0 Å². The molecule has 0 N–H and O–H groups in total. The van der Waals surface area contributed by atoms with Crippen molar-refractivity contribution in [2.75, 3.05) is 46.4 Å². The molecule has 0 bridgehead atoms. The van der Waals surface area contributed by atoms with Crippen molar-refractivity contribution >= 4 is 0 Å². The Balaban J connectivity index is 1.96. The SMILES string of the molecule is CC(C)OCCCN1CCN(C)CC1. The average molecular weight is 200 g/mol. The van der Waals surface area contributed by atoms with E-state index in [1.807, 2.05) is 0 Å². The Labute approximate surface area is 88.0 Å². The van der Waals surface area contributed by atoms with Crippen LogP contribution in [-0.4, -0.2) is 62.3 Å². The van der Waals surface area contributed by atoms with Crippen molar-refractivity contribution in [1.29, 1.82) is 0 Å². The van der Waals surface area contributed by atoms with Crippen molar-refractivity contribution in [2.45, 2.75) is 26.4 Å². The van der Waals surface area contributed by atoms with Crippen LogP contribution in [0.2, 0.25) is 0 Å². The highest BCUT2D eigenvalue weighted by Gasteiger charge is 2.12. The van der Waals surface area contributed by atoms with Gasteiger partial charge < -0.3 is 14.5 Å². The minimum Gasteiger partial charge on any atom is -0.379 e. The number of ether oxygens (including phenoxy) is 1. The molecular formula is C11H24N2O. The van der Waals surface area contributed by atoms with E-state index in [-0.39, 0.29) is 0 Å². The second-order valence-corrected chi connectivity index (χ2v) is 4.42. The molecule has 1 heterocycles. The largest absolute Gasteiger partial charge is 0.379 e. The number of nitrogens with zero attached hydrogens (tertiary/aromatic N) is 2. The fourth-order valence-electron chi connectivity index (χ4n) is 1.68. The molecule has 0 amide bonds. The highest BCUT2D eigenvalue weighted by Crippen LogP contribution is 2.00. The van der Waals surface area contributed by atoms with Gasteiger partial charge in [-0.3, -0.25) is 0 Å². The molecule has 0 aromatic rings. The Bertz CT molecular complexity index is 142. The fourth-order valence-corrected chi connectivity index (χ4v) is 1.68. The second-order valence-electron chi connectivity index (χ2n) is 4.42. The smallest absolute Gasteiger partial charge is 0.0518 e. The Morgan fingerprint density at radius 2 is 1.79 bits per heavy atom. The molecule has 0 aromatic heterocycles. The van der Waals surface area contributed by atoms with Crippen LogP contribution in [0.3, 0.4) is 0 Å². The third-order valence-corrected chi connectivity index (χ3v) is 2.67. The van der Waals surface area contributed by atoms with Gasteiger partial charge in [-0.05, 0) is 27.3 Å². The number of hydrogen-bond donors (Lipinski definition) is 0. The molecule has 1 aliphatic rings. The Hall–Kier alpha value is -0.120. The summed E-state index contributed by atoms with van der Waals surface area (Å²) in [5.74, 6) is 0. The van der Waals surface area contributed by atoms with E-state index < -0.39 is 0 Å². The molecule has 0 unspecified atom stereocenters. The van der Waals surface area contributed by atoms with Crippen LogP contribution >= 0.6 is 0 Å². The summed E-state index contributed by atoms with van der Waals surface area (Å²) in [6, 6.07) is 0. The Kier molecular flexibility index (Phi) is 5.45. The molecule has 0 atom stereocenters. The summed E-state index contributed by atoms with van der Waals surface area (Å²) in [7, 11) is 2.19. The van der Waals surface area contributed by atoms with E-state index in [2.05, 4.69) is 30.7 Å². The third-order valence-electron chi connectivity index (χ3n) is 2.67. The van der Waals surface area contributed by atoms with Crippen molar-refractivity contribution < 1.29 is 4.74 Å². The van der Waals surface area contributed by atoms with Gasteiger partial charge in [-0.2, -0.15) is 0 Å². The maximum Gasteiger partial charge on any atom is 0.0518 e. The van der Waals surface area contributed by atoms with Crippen molar-refractivity contribution in [3.8, 4) is 0 Å². The first-order valence-electron chi connectivity index (χ1n) is 5.71. The van der Waals surface area contributed by atoms with Crippen LogP contribution in [0.1, 0.15) is 20.3 Å². The molecule has 1 rings (SSSR count). The Morgan fingerprint density at radius 3 is 2.36 bits per heavy atom. The first-order chi connectivity index (χ1) is 6.68. The molecular weight excluding hydrogens is 176 g/mol. The van der Waals surface area contributed by atoms with E-state index in [4.69, 9.17) is 4.74 Å². The minimum atomic E-state index is 0.377. The van der Waals surface area contributed by atoms with Crippen LogP contribution in [0.25, 0.3) is 0 Å². The number of hydrogen-bond acceptors (Lipinski definition) is 3. The predicted molar refractivity (Wildman–Crippen MR) is 59.6 cm³/mol. The molecule has 1 aliphatic heterocycles. The van der Waals surface area contributed by atoms with Gasteiger partial charge in [0.25, 0.3) is 0 Å². The second kappa shape index (κ2) is 6.38. The predicted octanol–water partition coefficient (Wildman–Crippen LogP) is 1.05.